The van der Waals surface area contributed by atoms with Crippen molar-refractivity contribution in [3.05, 3.63) is 59.7 Å². The van der Waals surface area contributed by atoms with Crippen LogP contribution in [0.4, 0.5) is 8.78 Å². The third kappa shape index (κ3) is 5.03. The summed E-state index contributed by atoms with van der Waals surface area (Å²) in [5.74, 6) is -2.04. The number of thioether (sulfide) groups is 1. The van der Waals surface area contributed by atoms with Crippen LogP contribution in [-0.2, 0) is 14.8 Å². The molecule has 1 unspecified atom stereocenters. The van der Waals surface area contributed by atoms with E-state index in [0.29, 0.717) is 4.90 Å². The van der Waals surface area contributed by atoms with Gasteiger partial charge >= 0.3 is 0 Å². The van der Waals surface area contributed by atoms with Crippen LogP contribution in [0.3, 0.4) is 0 Å². The van der Waals surface area contributed by atoms with Crippen molar-refractivity contribution in [2.75, 3.05) is 12.8 Å². The molecule has 2 aromatic carbocycles. The largest absolute Gasteiger partial charge is 0.338 e. The summed E-state index contributed by atoms with van der Waals surface area (Å²) < 4.78 is 48.7. The topological polar surface area (TPSA) is 80.5 Å². The Morgan fingerprint density at radius 1 is 1.15 bits per heavy atom. The first-order chi connectivity index (χ1) is 12.1. The van der Waals surface area contributed by atoms with E-state index in [4.69, 9.17) is 5.14 Å². The molecule has 9 heteroatoms. The number of halogens is 2. The number of nitrogens with zero attached hydrogens (tertiary/aromatic N) is 1. The van der Waals surface area contributed by atoms with Crippen LogP contribution in [0, 0.1) is 11.6 Å². The number of rotatable bonds is 6. The zero-order valence-electron chi connectivity index (χ0n) is 14.1. The van der Waals surface area contributed by atoms with E-state index in [9.17, 15) is 22.0 Å². The van der Waals surface area contributed by atoms with E-state index >= 15 is 0 Å². The standard InChI is InChI=1S/C17H18F2N2O3S2/c1-11(12-3-6-14(7-4-12)26(20,23)24)21(2)17(22)10-25-13-5-8-15(18)16(19)9-13/h3-9,11H,10H2,1-2H3,(H2,20,23,24). The summed E-state index contributed by atoms with van der Waals surface area (Å²) in [5, 5.41) is 5.06. The summed E-state index contributed by atoms with van der Waals surface area (Å²) in [5.41, 5.74) is 0.742. The SMILES string of the molecule is CC(c1ccc(S(N)(=O)=O)cc1)N(C)C(=O)CSc1ccc(F)c(F)c1. The van der Waals surface area contributed by atoms with Gasteiger partial charge in [-0.15, -0.1) is 11.8 Å². The number of sulfonamides is 1. The number of carbonyl (C=O) groups is 1. The molecule has 0 spiro atoms. The number of nitrogens with two attached hydrogens (primary N) is 1. The molecule has 0 bridgehead atoms. The predicted octanol–water partition coefficient (Wildman–Crippen LogP) is 2.92. The lowest BCUT2D eigenvalue weighted by molar-refractivity contribution is -0.128. The second-order valence-corrected chi connectivity index (χ2v) is 8.27. The van der Waals surface area contributed by atoms with E-state index in [1.165, 1.54) is 23.1 Å². The molecule has 0 aliphatic heterocycles. The normalized spacial score (nSPS) is 12.7. The highest BCUT2D eigenvalue weighted by Gasteiger charge is 2.18. The Morgan fingerprint density at radius 2 is 1.77 bits per heavy atom. The molecule has 26 heavy (non-hydrogen) atoms. The fourth-order valence-corrected chi connectivity index (χ4v) is 3.55. The highest BCUT2D eigenvalue weighted by Crippen LogP contribution is 2.24. The van der Waals surface area contributed by atoms with Crippen LogP contribution in [0.2, 0.25) is 0 Å². The van der Waals surface area contributed by atoms with Gasteiger partial charge in [0, 0.05) is 11.9 Å². The van der Waals surface area contributed by atoms with Crippen molar-refractivity contribution in [3.8, 4) is 0 Å². The monoisotopic (exact) mass is 400 g/mol. The molecule has 0 aromatic heterocycles. The summed E-state index contributed by atoms with van der Waals surface area (Å²) in [6.07, 6.45) is 0. The van der Waals surface area contributed by atoms with Crippen molar-refractivity contribution in [2.24, 2.45) is 5.14 Å². The van der Waals surface area contributed by atoms with Crippen molar-refractivity contribution in [2.45, 2.75) is 22.8 Å². The Kier molecular flexibility index (Phi) is 6.38. The Hall–Kier alpha value is -1.97. The maximum Gasteiger partial charge on any atom is 0.238 e. The predicted molar refractivity (Wildman–Crippen MR) is 96.1 cm³/mol. The van der Waals surface area contributed by atoms with Crippen molar-refractivity contribution in [1.29, 1.82) is 0 Å². The zero-order valence-corrected chi connectivity index (χ0v) is 15.8. The van der Waals surface area contributed by atoms with Crippen LogP contribution < -0.4 is 5.14 Å². The van der Waals surface area contributed by atoms with Gasteiger partial charge in [-0.3, -0.25) is 4.79 Å². The van der Waals surface area contributed by atoms with E-state index in [0.717, 1.165) is 29.5 Å². The molecule has 2 N–H and O–H groups in total. The Balaban J connectivity index is 2.01. The maximum absolute atomic E-state index is 13.2. The van der Waals surface area contributed by atoms with Gasteiger partial charge in [0.1, 0.15) is 0 Å². The van der Waals surface area contributed by atoms with Gasteiger partial charge in [0.2, 0.25) is 15.9 Å². The van der Waals surface area contributed by atoms with Gasteiger partial charge < -0.3 is 4.90 Å². The maximum atomic E-state index is 13.2. The zero-order chi connectivity index (χ0) is 19.5. The lowest BCUT2D eigenvalue weighted by Crippen LogP contribution is -2.31. The molecule has 1 atom stereocenters. The van der Waals surface area contributed by atoms with Gasteiger partial charge in [0.05, 0.1) is 16.7 Å². The molecule has 0 aliphatic rings. The van der Waals surface area contributed by atoms with Gasteiger partial charge in [0.25, 0.3) is 0 Å². The summed E-state index contributed by atoms with van der Waals surface area (Å²) >= 11 is 1.10. The van der Waals surface area contributed by atoms with Crippen molar-refractivity contribution >= 4 is 27.7 Å². The first kappa shape index (κ1) is 20.3. The molecule has 0 aliphatic carbocycles. The van der Waals surface area contributed by atoms with E-state index in [2.05, 4.69) is 0 Å². The highest BCUT2D eigenvalue weighted by molar-refractivity contribution is 8.00. The van der Waals surface area contributed by atoms with Gasteiger partial charge in [-0.1, -0.05) is 12.1 Å². The lowest BCUT2D eigenvalue weighted by atomic mass is 10.1. The van der Waals surface area contributed by atoms with Crippen LogP contribution in [0.15, 0.2) is 52.3 Å². The summed E-state index contributed by atoms with van der Waals surface area (Å²) in [4.78, 5) is 14.3. The molecule has 2 rings (SSSR count). The van der Waals surface area contributed by atoms with Gasteiger partial charge in [-0.05, 0) is 42.8 Å². The van der Waals surface area contributed by atoms with Gasteiger partial charge in [-0.2, -0.15) is 0 Å². The number of hydrogen-bond donors (Lipinski definition) is 1. The minimum absolute atomic E-state index is 0.00341. The van der Waals surface area contributed by atoms with E-state index in [1.54, 1.807) is 26.1 Å². The Labute approximate surface area is 155 Å². The molecule has 0 fully saturated rings. The minimum atomic E-state index is -3.77. The molecule has 1 amide bonds. The third-order valence-electron chi connectivity index (χ3n) is 3.92. The van der Waals surface area contributed by atoms with Gasteiger partial charge in [0.15, 0.2) is 11.6 Å². The van der Waals surface area contributed by atoms with Crippen LogP contribution in [-0.4, -0.2) is 32.0 Å². The third-order valence-corrected chi connectivity index (χ3v) is 5.83. The average Bonchev–Trinajstić information content (AvgIpc) is 2.60. The summed E-state index contributed by atoms with van der Waals surface area (Å²) in [6, 6.07) is 9.12. The molecule has 0 saturated heterocycles. The molecule has 0 radical (unpaired) electrons. The summed E-state index contributed by atoms with van der Waals surface area (Å²) in [6.45, 7) is 1.80. The van der Waals surface area contributed by atoms with E-state index < -0.39 is 21.7 Å². The lowest BCUT2D eigenvalue weighted by Gasteiger charge is -2.25. The second kappa shape index (κ2) is 8.15. The van der Waals surface area contributed by atoms with Crippen LogP contribution >= 0.6 is 11.8 Å². The number of benzene rings is 2. The molecule has 0 heterocycles. The fraction of sp³-hybridized carbons (Fsp3) is 0.235. The number of carbonyl (C=O) groups excluding carboxylic acids is 1. The highest BCUT2D eigenvalue weighted by atomic mass is 32.2. The van der Waals surface area contributed by atoms with Crippen LogP contribution in [0.25, 0.3) is 0 Å². The molecular weight excluding hydrogens is 382 g/mol. The van der Waals surface area contributed by atoms with Gasteiger partial charge in [-0.25, -0.2) is 22.3 Å². The van der Waals surface area contributed by atoms with Crippen molar-refractivity contribution in [1.82, 2.24) is 4.90 Å². The number of hydrogen-bond acceptors (Lipinski definition) is 4. The fourth-order valence-electron chi connectivity index (χ4n) is 2.19. The Morgan fingerprint density at radius 3 is 2.31 bits per heavy atom. The second-order valence-electron chi connectivity index (χ2n) is 5.66. The average molecular weight is 400 g/mol. The molecule has 140 valence electrons. The first-order valence-corrected chi connectivity index (χ1v) is 10.1. The Bertz CT molecular complexity index is 903. The van der Waals surface area contributed by atoms with E-state index in [-0.39, 0.29) is 22.6 Å². The quantitative estimate of drug-likeness (QED) is 0.756. The van der Waals surface area contributed by atoms with Crippen molar-refractivity contribution < 1.29 is 22.0 Å². The molecule has 0 saturated carbocycles. The smallest absolute Gasteiger partial charge is 0.238 e. The summed E-state index contributed by atoms with van der Waals surface area (Å²) in [7, 11) is -2.15. The molecule has 5 nitrogen and oxygen atoms in total. The molecular formula is C17H18F2N2O3S2. The first-order valence-electron chi connectivity index (χ1n) is 7.56. The van der Waals surface area contributed by atoms with Crippen molar-refractivity contribution in [3.63, 3.8) is 0 Å². The van der Waals surface area contributed by atoms with Crippen LogP contribution in [0.5, 0.6) is 0 Å². The minimum Gasteiger partial charge on any atom is -0.338 e. The van der Waals surface area contributed by atoms with Crippen LogP contribution in [0.1, 0.15) is 18.5 Å². The number of amides is 1. The van der Waals surface area contributed by atoms with E-state index in [1.807, 2.05) is 0 Å². The number of primary sulfonamides is 1. The molecule has 2 aromatic rings.